The molecule has 6 heteroatoms. The number of thiophene rings is 1. The van der Waals surface area contributed by atoms with E-state index in [1.807, 2.05) is 38.1 Å². The van der Waals surface area contributed by atoms with Crippen molar-refractivity contribution in [3.05, 3.63) is 47.3 Å². The predicted octanol–water partition coefficient (Wildman–Crippen LogP) is 3.43. The van der Waals surface area contributed by atoms with Crippen LogP contribution in [0.5, 0.6) is 5.75 Å². The molecule has 21 heavy (non-hydrogen) atoms. The molecule has 0 radical (unpaired) electrons. The normalized spacial score (nSPS) is 13.3. The zero-order valence-electron chi connectivity index (χ0n) is 12.2. The number of ether oxygens (including phenoxy) is 1. The summed E-state index contributed by atoms with van der Waals surface area (Å²) in [6.07, 6.45) is 0. The smallest absolute Gasteiger partial charge is 0.250 e. The number of nitrogens with one attached hydrogen (secondary N) is 1. The van der Waals surface area contributed by atoms with Crippen LogP contribution in [0.25, 0.3) is 0 Å². The summed E-state index contributed by atoms with van der Waals surface area (Å²) in [6.45, 7) is 3.98. The van der Waals surface area contributed by atoms with E-state index in [2.05, 4.69) is 4.72 Å². The van der Waals surface area contributed by atoms with Crippen LogP contribution in [-0.4, -0.2) is 15.5 Å². The average Bonchev–Trinajstić information content (AvgIpc) is 3.00. The highest BCUT2D eigenvalue weighted by molar-refractivity contribution is 7.91. The first kappa shape index (κ1) is 16.0. The molecule has 1 aromatic carbocycles. The minimum atomic E-state index is -3.49. The number of hydrogen-bond donors (Lipinski definition) is 1. The van der Waals surface area contributed by atoms with E-state index in [0.29, 0.717) is 4.21 Å². The number of rotatable bonds is 6. The van der Waals surface area contributed by atoms with Crippen LogP contribution in [0, 0.1) is 5.92 Å². The Morgan fingerprint density at radius 1 is 1.14 bits per heavy atom. The molecule has 0 fully saturated rings. The van der Waals surface area contributed by atoms with Gasteiger partial charge in [-0.15, -0.1) is 11.3 Å². The molecule has 0 saturated carbocycles. The van der Waals surface area contributed by atoms with Gasteiger partial charge in [0, 0.05) is 6.04 Å². The Labute approximate surface area is 129 Å². The third-order valence-corrected chi connectivity index (χ3v) is 6.02. The second-order valence-corrected chi connectivity index (χ2v) is 7.94. The molecule has 114 valence electrons. The largest absolute Gasteiger partial charge is 0.497 e. The van der Waals surface area contributed by atoms with Crippen molar-refractivity contribution >= 4 is 21.4 Å². The monoisotopic (exact) mass is 325 g/mol. The van der Waals surface area contributed by atoms with Gasteiger partial charge in [0.25, 0.3) is 10.0 Å². The van der Waals surface area contributed by atoms with Gasteiger partial charge in [-0.3, -0.25) is 0 Å². The molecule has 1 atom stereocenters. The van der Waals surface area contributed by atoms with Crippen LogP contribution < -0.4 is 9.46 Å². The van der Waals surface area contributed by atoms with Gasteiger partial charge < -0.3 is 4.74 Å². The first-order valence-corrected chi connectivity index (χ1v) is 9.00. The Bertz CT molecular complexity index is 661. The average molecular weight is 325 g/mol. The highest BCUT2D eigenvalue weighted by Gasteiger charge is 2.24. The van der Waals surface area contributed by atoms with Crippen LogP contribution in [0.2, 0.25) is 0 Å². The Morgan fingerprint density at radius 3 is 2.29 bits per heavy atom. The summed E-state index contributed by atoms with van der Waals surface area (Å²) in [5.74, 6) is 0.885. The van der Waals surface area contributed by atoms with E-state index in [-0.39, 0.29) is 12.0 Å². The molecular formula is C15H19NO3S2. The Hall–Kier alpha value is -1.37. The molecule has 0 amide bonds. The second kappa shape index (κ2) is 6.60. The van der Waals surface area contributed by atoms with Gasteiger partial charge in [-0.25, -0.2) is 13.1 Å². The number of hydrogen-bond acceptors (Lipinski definition) is 4. The number of methoxy groups -OCH3 is 1. The van der Waals surface area contributed by atoms with E-state index < -0.39 is 10.0 Å². The molecule has 0 unspecified atom stereocenters. The third kappa shape index (κ3) is 3.84. The lowest BCUT2D eigenvalue weighted by atomic mass is 9.97. The highest BCUT2D eigenvalue weighted by atomic mass is 32.2. The molecule has 2 rings (SSSR count). The van der Waals surface area contributed by atoms with Gasteiger partial charge in [-0.2, -0.15) is 0 Å². The highest BCUT2D eigenvalue weighted by Crippen LogP contribution is 2.27. The lowest BCUT2D eigenvalue weighted by Crippen LogP contribution is -2.31. The van der Waals surface area contributed by atoms with Crippen molar-refractivity contribution in [3.63, 3.8) is 0 Å². The SMILES string of the molecule is COc1ccc([C@@H](NS(=O)(=O)c2cccs2)C(C)C)cc1. The van der Waals surface area contributed by atoms with Crippen LogP contribution in [0.3, 0.4) is 0 Å². The quantitative estimate of drug-likeness (QED) is 0.885. The molecule has 0 aliphatic carbocycles. The maximum Gasteiger partial charge on any atom is 0.250 e. The van der Waals surface area contributed by atoms with E-state index in [1.54, 1.807) is 24.6 Å². The summed E-state index contributed by atoms with van der Waals surface area (Å²) in [6, 6.07) is 10.5. The Balaban J connectivity index is 2.27. The van der Waals surface area contributed by atoms with Crippen molar-refractivity contribution in [2.45, 2.75) is 24.1 Å². The molecule has 0 aliphatic rings. The summed E-state index contributed by atoms with van der Waals surface area (Å²) >= 11 is 1.21. The molecule has 2 aromatic rings. The molecule has 0 aliphatic heterocycles. The molecule has 1 heterocycles. The topological polar surface area (TPSA) is 55.4 Å². The van der Waals surface area contributed by atoms with Crippen molar-refractivity contribution in [2.75, 3.05) is 7.11 Å². The summed E-state index contributed by atoms with van der Waals surface area (Å²) in [5.41, 5.74) is 0.922. The van der Waals surface area contributed by atoms with Crippen LogP contribution >= 0.6 is 11.3 Å². The predicted molar refractivity (Wildman–Crippen MR) is 85.2 cm³/mol. The summed E-state index contributed by atoms with van der Waals surface area (Å²) in [7, 11) is -1.88. The zero-order valence-corrected chi connectivity index (χ0v) is 13.9. The van der Waals surface area contributed by atoms with E-state index in [1.165, 1.54) is 11.3 Å². The molecule has 0 saturated heterocycles. The first-order chi connectivity index (χ1) is 9.94. The van der Waals surface area contributed by atoms with Gasteiger partial charge >= 0.3 is 0 Å². The fraction of sp³-hybridized carbons (Fsp3) is 0.333. The minimum absolute atomic E-state index is 0.133. The molecular weight excluding hydrogens is 306 g/mol. The summed E-state index contributed by atoms with van der Waals surface area (Å²) < 4.78 is 33.0. The van der Waals surface area contributed by atoms with Crippen molar-refractivity contribution in [1.82, 2.24) is 4.72 Å². The van der Waals surface area contributed by atoms with Gasteiger partial charge in [0.1, 0.15) is 9.96 Å². The minimum Gasteiger partial charge on any atom is -0.497 e. The van der Waals surface area contributed by atoms with Gasteiger partial charge in [-0.05, 0) is 35.1 Å². The molecule has 0 spiro atoms. The van der Waals surface area contributed by atoms with Gasteiger partial charge in [0.05, 0.1) is 7.11 Å². The van der Waals surface area contributed by atoms with Crippen molar-refractivity contribution < 1.29 is 13.2 Å². The number of sulfonamides is 1. The fourth-order valence-electron chi connectivity index (χ4n) is 2.04. The molecule has 1 N–H and O–H groups in total. The van der Waals surface area contributed by atoms with Crippen molar-refractivity contribution in [3.8, 4) is 5.75 Å². The molecule has 4 nitrogen and oxygen atoms in total. The van der Waals surface area contributed by atoms with Crippen LogP contribution in [-0.2, 0) is 10.0 Å². The van der Waals surface area contributed by atoms with Gasteiger partial charge in [0.15, 0.2) is 0 Å². The zero-order chi connectivity index (χ0) is 15.5. The molecule has 0 bridgehead atoms. The maximum absolute atomic E-state index is 12.4. The third-order valence-electron chi connectivity index (χ3n) is 3.18. The van der Waals surface area contributed by atoms with Crippen LogP contribution in [0.4, 0.5) is 0 Å². The standard InChI is InChI=1S/C15H19NO3S2/c1-11(2)15(12-6-8-13(19-3)9-7-12)16-21(17,18)14-5-4-10-20-14/h4-11,15-16H,1-3H3/t15-/m0/s1. The summed E-state index contributed by atoms with van der Waals surface area (Å²) in [4.78, 5) is 0. The van der Waals surface area contributed by atoms with Crippen molar-refractivity contribution in [1.29, 1.82) is 0 Å². The van der Waals surface area contributed by atoms with E-state index in [0.717, 1.165) is 11.3 Å². The van der Waals surface area contributed by atoms with Crippen LogP contribution in [0.1, 0.15) is 25.5 Å². The second-order valence-electron chi connectivity index (χ2n) is 5.05. The molecule has 1 aromatic heterocycles. The Kier molecular flexibility index (Phi) is 5.03. The van der Waals surface area contributed by atoms with E-state index >= 15 is 0 Å². The van der Waals surface area contributed by atoms with Gasteiger partial charge in [0.2, 0.25) is 0 Å². The Morgan fingerprint density at radius 2 is 1.81 bits per heavy atom. The van der Waals surface area contributed by atoms with E-state index in [4.69, 9.17) is 4.74 Å². The first-order valence-electron chi connectivity index (χ1n) is 6.64. The van der Waals surface area contributed by atoms with Crippen molar-refractivity contribution in [2.24, 2.45) is 5.92 Å². The number of benzene rings is 1. The van der Waals surface area contributed by atoms with Gasteiger partial charge in [-0.1, -0.05) is 32.0 Å². The maximum atomic E-state index is 12.4. The van der Waals surface area contributed by atoms with Crippen LogP contribution in [0.15, 0.2) is 46.0 Å². The summed E-state index contributed by atoms with van der Waals surface area (Å²) in [5, 5.41) is 1.76. The van der Waals surface area contributed by atoms with E-state index in [9.17, 15) is 8.42 Å². The lowest BCUT2D eigenvalue weighted by molar-refractivity contribution is 0.413. The fourth-order valence-corrected chi connectivity index (χ4v) is 4.42. The lowest BCUT2D eigenvalue weighted by Gasteiger charge is -2.22.